The molecule has 0 fully saturated rings. The second-order valence-electron chi connectivity index (χ2n) is 6.86. The maximum Gasteiger partial charge on any atom is 0.285 e. The van der Waals surface area contributed by atoms with Crippen molar-refractivity contribution in [2.24, 2.45) is 0 Å². The number of H-pyrrole nitrogens is 2. The molecule has 1 atom stereocenters. The molecule has 1 aliphatic rings. The van der Waals surface area contributed by atoms with Gasteiger partial charge in [0.15, 0.2) is 0 Å². The van der Waals surface area contributed by atoms with Crippen LogP contribution in [0.5, 0.6) is 0 Å². The van der Waals surface area contributed by atoms with Gasteiger partial charge in [0.05, 0.1) is 29.8 Å². The summed E-state index contributed by atoms with van der Waals surface area (Å²) in [6, 6.07) is 4.86. The van der Waals surface area contributed by atoms with Crippen LogP contribution < -0.4 is 10.5 Å². The summed E-state index contributed by atoms with van der Waals surface area (Å²) in [6.45, 7) is 5.28. The first-order valence-electron chi connectivity index (χ1n) is 8.76. The van der Waals surface area contributed by atoms with E-state index in [1.165, 1.54) is 11.6 Å². The molecule has 0 aliphatic carbocycles. The van der Waals surface area contributed by atoms with Gasteiger partial charge in [0.1, 0.15) is 10.8 Å². The molecule has 0 radical (unpaired) electrons. The van der Waals surface area contributed by atoms with E-state index in [0.29, 0.717) is 18.8 Å². The fourth-order valence-corrected chi connectivity index (χ4v) is 3.98. The molecule has 0 saturated heterocycles. The zero-order chi connectivity index (χ0) is 19.1. The van der Waals surface area contributed by atoms with Crippen LogP contribution in [0.25, 0.3) is 0 Å². The molecule has 0 spiro atoms. The SMILES string of the molecule is Cc1cc(F)ccc1C(C)c1n[nH]c2c1CCN(c1cn[nH]c(=O)c1Cl)C2. The third-order valence-corrected chi connectivity index (χ3v) is 5.56. The summed E-state index contributed by atoms with van der Waals surface area (Å²) in [5, 5.41) is 14.0. The van der Waals surface area contributed by atoms with Crippen molar-refractivity contribution in [2.75, 3.05) is 11.4 Å². The second-order valence-corrected chi connectivity index (χ2v) is 7.24. The third-order valence-electron chi connectivity index (χ3n) is 5.19. The number of aromatic nitrogens is 4. The Bertz CT molecular complexity index is 1060. The van der Waals surface area contributed by atoms with Gasteiger partial charge in [-0.3, -0.25) is 9.89 Å². The number of aromatic amines is 2. The first-order chi connectivity index (χ1) is 13.0. The molecule has 2 aromatic heterocycles. The summed E-state index contributed by atoms with van der Waals surface area (Å²) in [4.78, 5) is 13.7. The van der Waals surface area contributed by atoms with Crippen molar-refractivity contribution in [3.8, 4) is 0 Å². The number of fused-ring (bicyclic) bond motifs is 1. The van der Waals surface area contributed by atoms with Gasteiger partial charge in [-0.05, 0) is 36.6 Å². The number of halogens is 2. The molecule has 27 heavy (non-hydrogen) atoms. The lowest BCUT2D eigenvalue weighted by molar-refractivity contribution is 0.624. The minimum atomic E-state index is -0.398. The predicted octanol–water partition coefficient (Wildman–Crippen LogP) is 3.31. The smallest absolute Gasteiger partial charge is 0.285 e. The van der Waals surface area contributed by atoms with E-state index in [9.17, 15) is 9.18 Å². The molecule has 8 heteroatoms. The average molecular weight is 388 g/mol. The summed E-state index contributed by atoms with van der Waals surface area (Å²) in [5.74, 6) is -0.173. The van der Waals surface area contributed by atoms with E-state index in [0.717, 1.165) is 28.9 Å². The molecule has 4 rings (SSSR count). The lowest BCUT2D eigenvalue weighted by Gasteiger charge is -2.29. The highest BCUT2D eigenvalue weighted by Gasteiger charge is 2.27. The zero-order valence-corrected chi connectivity index (χ0v) is 15.8. The van der Waals surface area contributed by atoms with Crippen LogP contribution in [0, 0.1) is 12.7 Å². The van der Waals surface area contributed by atoms with Crippen molar-refractivity contribution in [3.05, 3.63) is 73.7 Å². The number of nitrogens with zero attached hydrogens (tertiary/aromatic N) is 3. The van der Waals surface area contributed by atoms with Crippen molar-refractivity contribution in [3.63, 3.8) is 0 Å². The van der Waals surface area contributed by atoms with E-state index in [1.54, 1.807) is 12.3 Å². The van der Waals surface area contributed by atoms with Gasteiger partial charge in [0, 0.05) is 18.0 Å². The van der Waals surface area contributed by atoms with Crippen molar-refractivity contribution in [1.82, 2.24) is 20.4 Å². The third kappa shape index (κ3) is 3.12. The van der Waals surface area contributed by atoms with Gasteiger partial charge in [-0.25, -0.2) is 9.49 Å². The van der Waals surface area contributed by atoms with Crippen LogP contribution in [-0.4, -0.2) is 26.9 Å². The molecule has 0 amide bonds. The molecule has 1 aliphatic heterocycles. The van der Waals surface area contributed by atoms with Crippen molar-refractivity contribution >= 4 is 17.3 Å². The van der Waals surface area contributed by atoms with E-state index >= 15 is 0 Å². The number of benzene rings is 1. The van der Waals surface area contributed by atoms with Crippen LogP contribution in [0.2, 0.25) is 5.02 Å². The predicted molar refractivity (Wildman–Crippen MR) is 102 cm³/mol. The number of hydrogen-bond acceptors (Lipinski definition) is 4. The van der Waals surface area contributed by atoms with Crippen molar-refractivity contribution in [1.29, 1.82) is 0 Å². The summed E-state index contributed by atoms with van der Waals surface area (Å²) in [7, 11) is 0. The van der Waals surface area contributed by atoms with Crippen LogP contribution in [-0.2, 0) is 13.0 Å². The lowest BCUT2D eigenvalue weighted by atomic mass is 9.89. The van der Waals surface area contributed by atoms with E-state index in [4.69, 9.17) is 11.6 Å². The molecule has 0 bridgehead atoms. The number of aryl methyl sites for hydroxylation is 1. The summed E-state index contributed by atoms with van der Waals surface area (Å²) < 4.78 is 13.4. The molecule has 3 heterocycles. The van der Waals surface area contributed by atoms with Crippen molar-refractivity contribution < 1.29 is 4.39 Å². The zero-order valence-electron chi connectivity index (χ0n) is 15.0. The van der Waals surface area contributed by atoms with E-state index in [2.05, 4.69) is 27.3 Å². The summed E-state index contributed by atoms with van der Waals surface area (Å²) in [6.07, 6.45) is 2.34. The largest absolute Gasteiger partial charge is 0.363 e. The Balaban J connectivity index is 1.64. The fourth-order valence-electron chi connectivity index (χ4n) is 3.77. The Morgan fingerprint density at radius 3 is 2.93 bits per heavy atom. The lowest BCUT2D eigenvalue weighted by Crippen LogP contribution is -2.32. The molecule has 2 N–H and O–H groups in total. The van der Waals surface area contributed by atoms with E-state index in [1.807, 2.05) is 17.9 Å². The van der Waals surface area contributed by atoms with Gasteiger partial charge in [-0.1, -0.05) is 24.6 Å². The van der Waals surface area contributed by atoms with Gasteiger partial charge in [0.2, 0.25) is 0 Å². The second kappa shape index (κ2) is 6.81. The summed E-state index contributed by atoms with van der Waals surface area (Å²) >= 11 is 6.14. The van der Waals surface area contributed by atoms with Gasteiger partial charge in [-0.15, -0.1) is 0 Å². The maximum atomic E-state index is 13.4. The first-order valence-corrected chi connectivity index (χ1v) is 9.13. The standard InChI is InChI=1S/C19H19ClFN5O/c1-10-7-12(21)3-4-13(10)11(2)18-14-5-6-26(9-15(14)23-24-18)16-8-22-25-19(27)17(16)20/h3-4,7-8,11H,5-6,9H2,1-2H3,(H,23,24)(H,25,27). The molecular weight excluding hydrogens is 369 g/mol. The highest BCUT2D eigenvalue weighted by Crippen LogP contribution is 2.33. The number of rotatable bonds is 3. The molecule has 140 valence electrons. The number of nitrogens with one attached hydrogen (secondary N) is 2. The van der Waals surface area contributed by atoms with Crippen LogP contribution in [0.15, 0.2) is 29.2 Å². The first kappa shape index (κ1) is 17.7. The Labute approximate surface area is 160 Å². The maximum absolute atomic E-state index is 13.4. The van der Waals surface area contributed by atoms with Crippen LogP contribution in [0.1, 0.15) is 40.9 Å². The van der Waals surface area contributed by atoms with Crippen molar-refractivity contribution in [2.45, 2.75) is 32.7 Å². The molecule has 6 nitrogen and oxygen atoms in total. The average Bonchev–Trinajstić information content (AvgIpc) is 3.06. The molecular formula is C19H19ClFN5O. The van der Waals surface area contributed by atoms with E-state index < -0.39 is 5.56 Å². The Kier molecular flexibility index (Phi) is 4.47. The van der Waals surface area contributed by atoms with Gasteiger partial charge in [-0.2, -0.15) is 10.2 Å². The van der Waals surface area contributed by atoms with Gasteiger partial charge < -0.3 is 4.90 Å². The Morgan fingerprint density at radius 1 is 1.33 bits per heavy atom. The molecule has 0 saturated carbocycles. The molecule has 1 aromatic carbocycles. The van der Waals surface area contributed by atoms with Crippen LogP contribution in [0.4, 0.5) is 10.1 Å². The number of hydrogen-bond donors (Lipinski definition) is 2. The van der Waals surface area contributed by atoms with E-state index in [-0.39, 0.29) is 16.8 Å². The quantitative estimate of drug-likeness (QED) is 0.722. The van der Waals surface area contributed by atoms with Crippen LogP contribution in [0.3, 0.4) is 0 Å². The Morgan fingerprint density at radius 2 is 2.15 bits per heavy atom. The minimum absolute atomic E-state index is 0.0574. The highest BCUT2D eigenvalue weighted by molar-refractivity contribution is 6.32. The molecule has 3 aromatic rings. The monoisotopic (exact) mass is 387 g/mol. The minimum Gasteiger partial charge on any atom is -0.363 e. The fraction of sp³-hybridized carbons (Fsp3) is 0.316. The van der Waals surface area contributed by atoms with Gasteiger partial charge >= 0.3 is 0 Å². The van der Waals surface area contributed by atoms with Crippen LogP contribution >= 0.6 is 11.6 Å². The van der Waals surface area contributed by atoms with Gasteiger partial charge in [0.25, 0.3) is 5.56 Å². The normalized spacial score (nSPS) is 14.9. The summed E-state index contributed by atoms with van der Waals surface area (Å²) in [5.41, 5.74) is 5.36. The number of anilines is 1. The Hall–Kier alpha value is -2.67. The topological polar surface area (TPSA) is 77.7 Å². The highest BCUT2D eigenvalue weighted by atomic mass is 35.5. The molecule has 1 unspecified atom stereocenters.